The fourth-order valence-corrected chi connectivity index (χ4v) is 2.80. The number of anilines is 1. The molecule has 1 unspecified atom stereocenters. The van der Waals surface area contributed by atoms with Gasteiger partial charge in [-0.15, -0.1) is 0 Å². The largest absolute Gasteiger partial charge is 0.484 e. The lowest BCUT2D eigenvalue weighted by molar-refractivity contribution is -0.122. The number of sulfone groups is 1. The van der Waals surface area contributed by atoms with Gasteiger partial charge in [0, 0.05) is 30.6 Å². The van der Waals surface area contributed by atoms with E-state index in [1.165, 1.54) is 0 Å². The second-order valence-electron chi connectivity index (χ2n) is 4.73. The van der Waals surface area contributed by atoms with Crippen molar-refractivity contribution in [3.63, 3.8) is 0 Å². The van der Waals surface area contributed by atoms with Gasteiger partial charge < -0.3 is 15.4 Å². The maximum absolute atomic E-state index is 11.6. The molecule has 1 rings (SSSR count). The van der Waals surface area contributed by atoms with Crippen LogP contribution in [0.1, 0.15) is 13.8 Å². The van der Waals surface area contributed by atoms with Crippen LogP contribution in [0.5, 0.6) is 5.75 Å². The SMILES string of the molecule is CCS(=O)(=O)CC(C)Nc1cccc(OCC(=O)NC)c1. The second kappa shape index (κ2) is 7.87. The van der Waals surface area contributed by atoms with Crippen LogP contribution in [0.4, 0.5) is 5.69 Å². The van der Waals surface area contributed by atoms with Gasteiger partial charge in [-0.1, -0.05) is 13.0 Å². The molecule has 0 fully saturated rings. The number of rotatable bonds is 8. The van der Waals surface area contributed by atoms with Gasteiger partial charge >= 0.3 is 0 Å². The summed E-state index contributed by atoms with van der Waals surface area (Å²) < 4.78 is 28.5. The molecule has 0 aliphatic rings. The molecule has 0 aromatic heterocycles. The molecule has 1 aromatic rings. The summed E-state index contributed by atoms with van der Waals surface area (Å²) in [5.74, 6) is 0.547. The van der Waals surface area contributed by atoms with E-state index in [0.717, 1.165) is 5.69 Å². The zero-order valence-corrected chi connectivity index (χ0v) is 13.4. The molecule has 0 saturated carbocycles. The van der Waals surface area contributed by atoms with E-state index < -0.39 is 9.84 Å². The highest BCUT2D eigenvalue weighted by molar-refractivity contribution is 7.91. The lowest BCUT2D eigenvalue weighted by Gasteiger charge is -2.15. The number of hydrogen-bond acceptors (Lipinski definition) is 5. The first-order valence-corrected chi connectivity index (χ1v) is 8.59. The fraction of sp³-hybridized carbons (Fsp3) is 0.500. The molecule has 0 aliphatic carbocycles. The molecule has 0 radical (unpaired) electrons. The summed E-state index contributed by atoms with van der Waals surface area (Å²) in [7, 11) is -1.48. The number of ether oxygens (including phenoxy) is 1. The van der Waals surface area contributed by atoms with Gasteiger partial charge in [-0.25, -0.2) is 8.42 Å². The molecular weight excluding hydrogens is 292 g/mol. The molecule has 7 heteroatoms. The van der Waals surface area contributed by atoms with Crippen molar-refractivity contribution < 1.29 is 17.9 Å². The first-order chi connectivity index (χ1) is 9.86. The molecule has 1 atom stereocenters. The number of amides is 1. The second-order valence-corrected chi connectivity index (χ2v) is 7.13. The molecule has 1 amide bonds. The number of benzene rings is 1. The zero-order valence-electron chi connectivity index (χ0n) is 12.5. The Kier molecular flexibility index (Phi) is 6.48. The normalized spacial score (nSPS) is 12.5. The van der Waals surface area contributed by atoms with E-state index in [9.17, 15) is 13.2 Å². The third-order valence-corrected chi connectivity index (χ3v) is 4.73. The highest BCUT2D eigenvalue weighted by Gasteiger charge is 2.13. The Morgan fingerprint density at radius 3 is 2.71 bits per heavy atom. The topological polar surface area (TPSA) is 84.5 Å². The minimum atomic E-state index is -3.02. The average molecular weight is 314 g/mol. The monoisotopic (exact) mass is 314 g/mol. The van der Waals surface area contributed by atoms with Crippen LogP contribution in [-0.4, -0.2) is 45.5 Å². The molecule has 0 aliphatic heterocycles. The highest BCUT2D eigenvalue weighted by atomic mass is 32.2. The maximum Gasteiger partial charge on any atom is 0.257 e. The standard InChI is InChI=1S/C14H22N2O4S/c1-4-21(18,19)10-11(2)16-12-6-5-7-13(8-12)20-9-14(17)15-3/h5-8,11,16H,4,9-10H2,1-3H3,(H,15,17). The van der Waals surface area contributed by atoms with Gasteiger partial charge in [-0.3, -0.25) is 4.79 Å². The summed E-state index contributed by atoms with van der Waals surface area (Å²) in [4.78, 5) is 11.1. The Bertz CT molecular complexity index is 572. The van der Waals surface area contributed by atoms with Gasteiger partial charge in [0.2, 0.25) is 0 Å². The van der Waals surface area contributed by atoms with E-state index in [-0.39, 0.29) is 30.1 Å². The first-order valence-electron chi connectivity index (χ1n) is 6.76. The summed E-state index contributed by atoms with van der Waals surface area (Å²) in [6, 6.07) is 6.87. The molecule has 2 N–H and O–H groups in total. The minimum Gasteiger partial charge on any atom is -0.484 e. The highest BCUT2D eigenvalue weighted by Crippen LogP contribution is 2.18. The van der Waals surface area contributed by atoms with Crippen LogP contribution in [0, 0.1) is 0 Å². The van der Waals surface area contributed by atoms with Gasteiger partial charge in [-0.05, 0) is 19.1 Å². The van der Waals surface area contributed by atoms with E-state index in [4.69, 9.17) is 4.74 Å². The third kappa shape index (κ3) is 6.48. The summed E-state index contributed by atoms with van der Waals surface area (Å²) in [5, 5.41) is 5.58. The van der Waals surface area contributed by atoms with Crippen molar-refractivity contribution in [3.8, 4) is 5.75 Å². The third-order valence-electron chi connectivity index (χ3n) is 2.84. The predicted octanol–water partition coefficient (Wildman–Crippen LogP) is 1.05. The number of hydrogen-bond donors (Lipinski definition) is 2. The number of carbonyl (C=O) groups is 1. The van der Waals surface area contributed by atoms with Crippen molar-refractivity contribution in [2.45, 2.75) is 19.9 Å². The fourth-order valence-electron chi connectivity index (χ4n) is 1.72. The lowest BCUT2D eigenvalue weighted by atomic mass is 10.2. The van der Waals surface area contributed by atoms with Crippen molar-refractivity contribution in [2.75, 3.05) is 30.5 Å². The van der Waals surface area contributed by atoms with Crippen molar-refractivity contribution >= 4 is 21.4 Å². The molecule has 0 spiro atoms. The van der Waals surface area contributed by atoms with E-state index >= 15 is 0 Å². The predicted molar refractivity (Wildman–Crippen MR) is 83.4 cm³/mol. The smallest absolute Gasteiger partial charge is 0.257 e. The van der Waals surface area contributed by atoms with E-state index in [2.05, 4.69) is 10.6 Å². The van der Waals surface area contributed by atoms with E-state index in [0.29, 0.717) is 5.75 Å². The summed E-state index contributed by atoms with van der Waals surface area (Å²) in [6.45, 7) is 3.39. The summed E-state index contributed by atoms with van der Waals surface area (Å²) >= 11 is 0. The molecule has 21 heavy (non-hydrogen) atoms. The van der Waals surface area contributed by atoms with Gasteiger partial charge in [0.15, 0.2) is 16.4 Å². The Balaban J connectivity index is 2.62. The van der Waals surface area contributed by atoms with Crippen LogP contribution in [-0.2, 0) is 14.6 Å². The maximum atomic E-state index is 11.6. The molecular formula is C14H22N2O4S. The molecule has 118 valence electrons. The molecule has 6 nitrogen and oxygen atoms in total. The van der Waals surface area contributed by atoms with Crippen molar-refractivity contribution in [3.05, 3.63) is 24.3 Å². The van der Waals surface area contributed by atoms with Crippen LogP contribution in [0.25, 0.3) is 0 Å². The molecule has 0 saturated heterocycles. The van der Waals surface area contributed by atoms with Crippen LogP contribution in [0.3, 0.4) is 0 Å². The quantitative estimate of drug-likeness (QED) is 0.749. The Morgan fingerprint density at radius 2 is 2.10 bits per heavy atom. The number of nitrogens with one attached hydrogen (secondary N) is 2. The van der Waals surface area contributed by atoms with Crippen molar-refractivity contribution in [1.82, 2.24) is 5.32 Å². The van der Waals surface area contributed by atoms with Crippen LogP contribution in [0.15, 0.2) is 24.3 Å². The molecule has 1 aromatic carbocycles. The van der Waals surface area contributed by atoms with E-state index in [1.54, 1.807) is 32.2 Å². The minimum absolute atomic E-state index is 0.0558. The lowest BCUT2D eigenvalue weighted by Crippen LogP contribution is -2.26. The van der Waals surface area contributed by atoms with Crippen LogP contribution < -0.4 is 15.4 Å². The first kappa shape index (κ1) is 17.3. The van der Waals surface area contributed by atoms with Gasteiger partial charge in [0.25, 0.3) is 5.91 Å². The van der Waals surface area contributed by atoms with Crippen LogP contribution in [0.2, 0.25) is 0 Å². The Hall–Kier alpha value is -1.76. The molecule has 0 bridgehead atoms. The average Bonchev–Trinajstić information content (AvgIpc) is 2.44. The number of likely N-dealkylation sites (N-methyl/N-ethyl adjacent to an activating group) is 1. The summed E-state index contributed by atoms with van der Waals surface area (Å²) in [6.07, 6.45) is 0. The van der Waals surface area contributed by atoms with Gasteiger partial charge in [0.05, 0.1) is 5.75 Å². The summed E-state index contributed by atoms with van der Waals surface area (Å²) in [5.41, 5.74) is 0.753. The Morgan fingerprint density at radius 1 is 1.38 bits per heavy atom. The number of carbonyl (C=O) groups excluding carboxylic acids is 1. The van der Waals surface area contributed by atoms with E-state index in [1.807, 2.05) is 13.0 Å². The zero-order chi connectivity index (χ0) is 15.9. The Labute approximate surface area is 125 Å². The van der Waals surface area contributed by atoms with Gasteiger partial charge in [0.1, 0.15) is 5.75 Å². The van der Waals surface area contributed by atoms with Crippen LogP contribution >= 0.6 is 0 Å². The van der Waals surface area contributed by atoms with Gasteiger partial charge in [-0.2, -0.15) is 0 Å². The van der Waals surface area contributed by atoms with Crippen molar-refractivity contribution in [1.29, 1.82) is 0 Å². The molecule has 0 heterocycles. The van der Waals surface area contributed by atoms with Crippen molar-refractivity contribution in [2.24, 2.45) is 0 Å².